The minimum Gasteiger partial charge on any atom is -0.370 e. The quantitative estimate of drug-likeness (QED) is 0.569. The second-order valence-electron chi connectivity index (χ2n) is 4.16. The lowest BCUT2D eigenvalue weighted by Crippen LogP contribution is -2.18. The molecule has 0 aliphatic heterocycles. The third-order valence-electron chi connectivity index (χ3n) is 2.54. The Hall–Kier alpha value is -0.550. The molecule has 0 aromatic rings. The molecule has 0 fully saturated rings. The zero-order valence-electron chi connectivity index (χ0n) is 10.9. The Morgan fingerprint density at radius 3 is 2.53 bits per heavy atom. The zero-order chi connectivity index (χ0) is 13.1. The molecule has 0 aliphatic rings. The summed E-state index contributed by atoms with van der Waals surface area (Å²) >= 11 is 1.50. The molecule has 4 nitrogen and oxygen atoms in total. The van der Waals surface area contributed by atoms with Crippen molar-refractivity contribution in [2.45, 2.75) is 32.6 Å². The molecule has 0 saturated heterocycles. The van der Waals surface area contributed by atoms with Crippen molar-refractivity contribution in [1.82, 2.24) is 4.90 Å². The van der Waals surface area contributed by atoms with E-state index in [0.717, 1.165) is 25.9 Å². The smallest absolute Gasteiger partial charge is 0.218 e. The number of amides is 1. The van der Waals surface area contributed by atoms with Crippen LogP contribution in [0.25, 0.3) is 0 Å². The van der Waals surface area contributed by atoms with Crippen LogP contribution in [0.15, 0.2) is 0 Å². The van der Waals surface area contributed by atoms with Crippen molar-refractivity contribution in [3.05, 3.63) is 0 Å². The molecule has 0 rings (SSSR count). The fraction of sp³-hybridized carbons (Fsp3) is 0.833. The van der Waals surface area contributed by atoms with E-state index in [-0.39, 0.29) is 11.7 Å². The molecule has 0 bridgehead atoms. The van der Waals surface area contributed by atoms with Gasteiger partial charge in [-0.3, -0.25) is 9.59 Å². The summed E-state index contributed by atoms with van der Waals surface area (Å²) < 4.78 is 0. The Kier molecular flexibility index (Phi) is 10.3. The lowest BCUT2D eigenvalue weighted by molar-refractivity contribution is -0.118. The Bertz CT molecular complexity index is 235. The number of nitrogens with two attached hydrogens (primary N) is 1. The minimum atomic E-state index is -0.299. The molecular weight excluding hydrogens is 236 g/mol. The number of rotatable bonds is 11. The topological polar surface area (TPSA) is 63.4 Å². The number of hydrogen-bond donors (Lipinski definition) is 1. The van der Waals surface area contributed by atoms with Gasteiger partial charge in [0.1, 0.15) is 5.78 Å². The number of Topliss-reactive ketones (excluding diaryl/α,β-unsaturated/α-hetero) is 1. The first kappa shape index (κ1) is 16.4. The van der Waals surface area contributed by atoms with E-state index in [1.165, 1.54) is 11.8 Å². The SMILES string of the molecule is CCN(C)CCCCC(=O)CSCCC(N)=O. The molecule has 0 aliphatic carbocycles. The predicted molar refractivity (Wildman–Crippen MR) is 73.2 cm³/mol. The summed E-state index contributed by atoms with van der Waals surface area (Å²) in [6, 6.07) is 0. The van der Waals surface area contributed by atoms with Crippen molar-refractivity contribution in [3.8, 4) is 0 Å². The zero-order valence-corrected chi connectivity index (χ0v) is 11.7. The maximum Gasteiger partial charge on any atom is 0.218 e. The molecule has 0 heterocycles. The molecule has 0 aromatic heterocycles. The van der Waals surface area contributed by atoms with Crippen molar-refractivity contribution < 1.29 is 9.59 Å². The molecule has 5 heteroatoms. The molecule has 1 amide bonds. The highest BCUT2D eigenvalue weighted by molar-refractivity contribution is 7.99. The summed E-state index contributed by atoms with van der Waals surface area (Å²) in [6.45, 7) is 4.23. The van der Waals surface area contributed by atoms with Crippen molar-refractivity contribution in [3.63, 3.8) is 0 Å². The Morgan fingerprint density at radius 1 is 1.24 bits per heavy atom. The van der Waals surface area contributed by atoms with E-state index in [9.17, 15) is 9.59 Å². The van der Waals surface area contributed by atoms with E-state index in [0.29, 0.717) is 24.3 Å². The maximum atomic E-state index is 11.5. The molecule has 0 saturated carbocycles. The van der Waals surface area contributed by atoms with E-state index in [4.69, 9.17) is 5.73 Å². The van der Waals surface area contributed by atoms with Crippen molar-refractivity contribution in [2.24, 2.45) is 5.73 Å². The van der Waals surface area contributed by atoms with Gasteiger partial charge in [-0.15, -0.1) is 0 Å². The predicted octanol–water partition coefficient (Wildman–Crippen LogP) is 1.29. The average molecular weight is 260 g/mol. The van der Waals surface area contributed by atoms with Gasteiger partial charge in [-0.25, -0.2) is 0 Å². The van der Waals surface area contributed by atoms with E-state index in [2.05, 4.69) is 18.9 Å². The van der Waals surface area contributed by atoms with Gasteiger partial charge < -0.3 is 10.6 Å². The Balaban J connectivity index is 3.32. The monoisotopic (exact) mass is 260 g/mol. The molecule has 0 spiro atoms. The van der Waals surface area contributed by atoms with E-state index in [1.807, 2.05) is 0 Å². The van der Waals surface area contributed by atoms with Gasteiger partial charge in [0.25, 0.3) is 0 Å². The number of primary amides is 1. The van der Waals surface area contributed by atoms with E-state index in [1.54, 1.807) is 0 Å². The number of thioether (sulfide) groups is 1. The van der Waals surface area contributed by atoms with E-state index >= 15 is 0 Å². The molecule has 100 valence electrons. The highest BCUT2D eigenvalue weighted by atomic mass is 32.2. The summed E-state index contributed by atoms with van der Waals surface area (Å²) in [5.74, 6) is 1.14. The highest BCUT2D eigenvalue weighted by Crippen LogP contribution is 2.06. The van der Waals surface area contributed by atoms with Gasteiger partial charge in [-0.2, -0.15) is 11.8 Å². The summed E-state index contributed by atoms with van der Waals surface area (Å²) in [7, 11) is 2.08. The first-order valence-corrected chi connectivity index (χ1v) is 7.28. The van der Waals surface area contributed by atoms with Crippen LogP contribution in [0.5, 0.6) is 0 Å². The fourth-order valence-corrected chi connectivity index (χ4v) is 2.15. The molecular formula is C12H24N2O2S. The van der Waals surface area contributed by atoms with Crippen LogP contribution in [0, 0.1) is 0 Å². The van der Waals surface area contributed by atoms with E-state index < -0.39 is 0 Å². The third kappa shape index (κ3) is 11.7. The molecule has 2 N–H and O–H groups in total. The standard InChI is InChI=1S/C12H24N2O2S/c1-3-14(2)8-5-4-6-11(15)10-17-9-7-12(13)16/h3-10H2,1-2H3,(H2,13,16). The maximum absolute atomic E-state index is 11.5. The number of carbonyl (C=O) groups is 2. The normalized spacial score (nSPS) is 10.8. The van der Waals surface area contributed by atoms with Gasteiger partial charge in [0.05, 0.1) is 5.75 Å². The summed E-state index contributed by atoms with van der Waals surface area (Å²) in [5.41, 5.74) is 5.01. The number of ketones is 1. The first-order chi connectivity index (χ1) is 8.06. The number of unbranched alkanes of at least 4 members (excludes halogenated alkanes) is 1. The van der Waals surface area contributed by atoms with Crippen LogP contribution in [0.3, 0.4) is 0 Å². The molecule has 0 radical (unpaired) electrons. The van der Waals surface area contributed by atoms with Crippen molar-refractivity contribution in [2.75, 3.05) is 31.6 Å². The van der Waals surface area contributed by atoms with Crippen LogP contribution in [0.1, 0.15) is 32.6 Å². The van der Waals surface area contributed by atoms with Crippen LogP contribution >= 0.6 is 11.8 Å². The van der Waals surface area contributed by atoms with Crippen molar-refractivity contribution >= 4 is 23.5 Å². The lowest BCUT2D eigenvalue weighted by Gasteiger charge is -2.12. The summed E-state index contributed by atoms with van der Waals surface area (Å²) in [5, 5.41) is 0. The van der Waals surface area contributed by atoms with Gasteiger partial charge in [-0.05, 0) is 33.0 Å². The first-order valence-electron chi connectivity index (χ1n) is 6.12. The van der Waals surface area contributed by atoms with Crippen LogP contribution in [-0.4, -0.2) is 48.2 Å². The van der Waals surface area contributed by atoms with Gasteiger partial charge in [0.15, 0.2) is 0 Å². The van der Waals surface area contributed by atoms with Crippen LogP contribution in [0.2, 0.25) is 0 Å². The molecule has 0 aromatic carbocycles. The van der Waals surface area contributed by atoms with Crippen molar-refractivity contribution in [1.29, 1.82) is 0 Å². The lowest BCUT2D eigenvalue weighted by atomic mass is 10.2. The molecule has 0 atom stereocenters. The fourth-order valence-electron chi connectivity index (χ4n) is 1.29. The number of hydrogen-bond acceptors (Lipinski definition) is 4. The number of nitrogens with zero attached hydrogens (tertiary/aromatic N) is 1. The van der Waals surface area contributed by atoms with Gasteiger partial charge >= 0.3 is 0 Å². The van der Waals surface area contributed by atoms with Gasteiger partial charge in [0, 0.05) is 18.6 Å². The Morgan fingerprint density at radius 2 is 1.94 bits per heavy atom. The second-order valence-corrected chi connectivity index (χ2v) is 5.27. The largest absolute Gasteiger partial charge is 0.370 e. The van der Waals surface area contributed by atoms with Gasteiger partial charge in [-0.1, -0.05) is 6.92 Å². The number of carbonyl (C=O) groups excluding carboxylic acids is 2. The van der Waals surface area contributed by atoms with Crippen LogP contribution in [0.4, 0.5) is 0 Å². The average Bonchev–Trinajstić information content (AvgIpc) is 2.29. The summed E-state index contributed by atoms with van der Waals surface area (Å²) in [6.07, 6.45) is 3.04. The van der Waals surface area contributed by atoms with Gasteiger partial charge in [0.2, 0.25) is 5.91 Å². The Labute approximate surface area is 108 Å². The molecule has 17 heavy (non-hydrogen) atoms. The van der Waals surface area contributed by atoms with Crippen LogP contribution < -0.4 is 5.73 Å². The molecule has 0 unspecified atom stereocenters. The minimum absolute atomic E-state index is 0.277. The second kappa shape index (κ2) is 10.6. The summed E-state index contributed by atoms with van der Waals surface area (Å²) in [4.78, 5) is 24.2. The van der Waals surface area contributed by atoms with Crippen LogP contribution in [-0.2, 0) is 9.59 Å². The highest BCUT2D eigenvalue weighted by Gasteiger charge is 2.03. The third-order valence-corrected chi connectivity index (χ3v) is 3.56.